The molecule has 0 unspecified atom stereocenters. The van der Waals surface area contributed by atoms with E-state index in [0.717, 1.165) is 0 Å². The van der Waals surface area contributed by atoms with Gasteiger partial charge in [0.1, 0.15) is 0 Å². The van der Waals surface area contributed by atoms with E-state index in [4.69, 9.17) is 0 Å². The van der Waals surface area contributed by atoms with E-state index >= 15 is 0 Å². The Hall–Kier alpha value is -3.29. The lowest BCUT2D eigenvalue weighted by molar-refractivity contribution is -0.129. The van der Waals surface area contributed by atoms with E-state index in [2.05, 4.69) is 15.3 Å². The largest absolute Gasteiger partial charge is 0.339 e. The van der Waals surface area contributed by atoms with Gasteiger partial charge in [-0.15, -0.1) is 0 Å². The van der Waals surface area contributed by atoms with Crippen LogP contribution in [0.3, 0.4) is 0 Å². The van der Waals surface area contributed by atoms with Crippen LogP contribution in [0.25, 0.3) is 0 Å². The summed E-state index contributed by atoms with van der Waals surface area (Å²) in [5, 5.41) is 2.75. The number of nitrogens with one attached hydrogen (secondary N) is 1. The molecule has 3 rings (SSSR count). The number of nitrogens with zero attached hydrogens (tertiary/aromatic N) is 4. The van der Waals surface area contributed by atoms with Crippen molar-refractivity contribution in [1.82, 2.24) is 14.9 Å². The second kappa shape index (κ2) is 7.94. The number of Topliss-reactive ketones (excluding diaryl/α,β-unsaturated/α-hetero) is 1. The number of carbonyl (C=O) groups excluding carboxylic acids is 3. The average molecular weight is 367 g/mol. The molecule has 2 heterocycles. The van der Waals surface area contributed by atoms with Gasteiger partial charge in [0.2, 0.25) is 11.9 Å². The Kier molecular flexibility index (Phi) is 5.44. The average Bonchev–Trinajstić information content (AvgIpc) is 2.68. The van der Waals surface area contributed by atoms with Crippen molar-refractivity contribution in [1.29, 1.82) is 0 Å². The highest BCUT2D eigenvalue weighted by molar-refractivity contribution is 6.04. The number of aromatic nitrogens is 2. The van der Waals surface area contributed by atoms with Gasteiger partial charge < -0.3 is 15.1 Å². The summed E-state index contributed by atoms with van der Waals surface area (Å²) in [7, 11) is 0. The van der Waals surface area contributed by atoms with Gasteiger partial charge >= 0.3 is 0 Å². The molecule has 1 aromatic carbocycles. The molecule has 1 N–H and O–H groups in total. The SMILES string of the molecule is CC(=O)c1ccc(NC(=O)c2cnc(N3CCN(C(C)=O)CC3)nc2)cc1. The maximum Gasteiger partial charge on any atom is 0.258 e. The molecule has 1 saturated heterocycles. The van der Waals surface area contributed by atoms with Crippen LogP contribution in [0.5, 0.6) is 0 Å². The molecule has 1 fully saturated rings. The van der Waals surface area contributed by atoms with E-state index in [-0.39, 0.29) is 17.6 Å². The van der Waals surface area contributed by atoms with Crippen molar-refractivity contribution in [3.05, 3.63) is 47.8 Å². The third-order valence-corrected chi connectivity index (χ3v) is 4.46. The first-order valence-electron chi connectivity index (χ1n) is 8.69. The first-order chi connectivity index (χ1) is 12.9. The number of ketones is 1. The van der Waals surface area contributed by atoms with Gasteiger partial charge in [-0.25, -0.2) is 9.97 Å². The molecule has 0 atom stereocenters. The highest BCUT2D eigenvalue weighted by Crippen LogP contribution is 2.14. The molecule has 0 bridgehead atoms. The number of hydrogen-bond donors (Lipinski definition) is 1. The molecule has 1 aromatic heterocycles. The van der Waals surface area contributed by atoms with Crippen LogP contribution in [-0.2, 0) is 4.79 Å². The predicted octanol–water partition coefficient (Wildman–Crippen LogP) is 1.60. The third kappa shape index (κ3) is 4.46. The first kappa shape index (κ1) is 18.5. The van der Waals surface area contributed by atoms with Crippen LogP contribution in [0.1, 0.15) is 34.6 Å². The van der Waals surface area contributed by atoms with Crippen molar-refractivity contribution >= 4 is 29.2 Å². The fourth-order valence-corrected chi connectivity index (χ4v) is 2.81. The summed E-state index contributed by atoms with van der Waals surface area (Å²) in [5.74, 6) is 0.263. The number of rotatable bonds is 4. The highest BCUT2D eigenvalue weighted by atomic mass is 16.2. The summed E-state index contributed by atoms with van der Waals surface area (Å²) >= 11 is 0. The van der Waals surface area contributed by atoms with Crippen molar-refractivity contribution in [2.75, 3.05) is 36.4 Å². The van der Waals surface area contributed by atoms with E-state index in [9.17, 15) is 14.4 Å². The minimum atomic E-state index is -0.321. The number of benzene rings is 1. The molecule has 0 spiro atoms. The van der Waals surface area contributed by atoms with Crippen LogP contribution in [0.15, 0.2) is 36.7 Å². The van der Waals surface area contributed by atoms with E-state index in [1.807, 2.05) is 4.90 Å². The van der Waals surface area contributed by atoms with Crippen LogP contribution >= 0.6 is 0 Å². The Labute approximate surface area is 157 Å². The predicted molar refractivity (Wildman–Crippen MR) is 101 cm³/mol. The summed E-state index contributed by atoms with van der Waals surface area (Å²) in [4.78, 5) is 47.3. The van der Waals surface area contributed by atoms with E-state index < -0.39 is 0 Å². The van der Waals surface area contributed by atoms with E-state index in [0.29, 0.717) is 48.9 Å². The molecular weight excluding hydrogens is 346 g/mol. The number of amides is 2. The standard InChI is InChI=1S/C19H21N5O3/c1-13(25)15-3-5-17(6-4-15)22-18(27)16-11-20-19(21-12-16)24-9-7-23(8-10-24)14(2)26/h3-6,11-12H,7-10H2,1-2H3,(H,22,27). The van der Waals surface area contributed by atoms with Gasteiger partial charge in [0.15, 0.2) is 5.78 Å². The van der Waals surface area contributed by atoms with Crippen molar-refractivity contribution < 1.29 is 14.4 Å². The monoisotopic (exact) mass is 367 g/mol. The summed E-state index contributed by atoms with van der Waals surface area (Å²) in [6.07, 6.45) is 2.97. The Morgan fingerprint density at radius 3 is 2.00 bits per heavy atom. The topological polar surface area (TPSA) is 95.5 Å². The zero-order valence-corrected chi connectivity index (χ0v) is 15.3. The van der Waals surface area contributed by atoms with Crippen molar-refractivity contribution in [2.24, 2.45) is 0 Å². The van der Waals surface area contributed by atoms with E-state index in [1.54, 1.807) is 36.1 Å². The smallest absolute Gasteiger partial charge is 0.258 e. The molecular formula is C19H21N5O3. The third-order valence-electron chi connectivity index (χ3n) is 4.46. The lowest BCUT2D eigenvalue weighted by Crippen LogP contribution is -2.48. The Bertz CT molecular complexity index is 841. The molecule has 2 aromatic rings. The highest BCUT2D eigenvalue weighted by Gasteiger charge is 2.20. The molecule has 27 heavy (non-hydrogen) atoms. The summed E-state index contributed by atoms with van der Waals surface area (Å²) in [6.45, 7) is 5.65. The van der Waals surface area contributed by atoms with Gasteiger partial charge in [0.05, 0.1) is 5.56 Å². The second-order valence-electron chi connectivity index (χ2n) is 6.35. The van der Waals surface area contributed by atoms with Gasteiger partial charge in [-0.3, -0.25) is 14.4 Å². The van der Waals surface area contributed by atoms with Crippen LogP contribution < -0.4 is 10.2 Å². The number of piperazine rings is 1. The van der Waals surface area contributed by atoms with Crippen LogP contribution in [0.2, 0.25) is 0 Å². The second-order valence-corrected chi connectivity index (χ2v) is 6.35. The van der Waals surface area contributed by atoms with Crippen molar-refractivity contribution in [3.63, 3.8) is 0 Å². The molecule has 8 nitrogen and oxygen atoms in total. The molecule has 0 radical (unpaired) electrons. The van der Waals surface area contributed by atoms with Gasteiger partial charge in [-0.2, -0.15) is 0 Å². The van der Waals surface area contributed by atoms with Crippen LogP contribution in [0, 0.1) is 0 Å². The number of anilines is 2. The normalized spacial score (nSPS) is 14.0. The van der Waals surface area contributed by atoms with Gasteiger partial charge in [-0.05, 0) is 31.2 Å². The molecule has 140 valence electrons. The molecule has 1 aliphatic rings. The maximum absolute atomic E-state index is 12.3. The Morgan fingerprint density at radius 1 is 0.889 bits per heavy atom. The van der Waals surface area contributed by atoms with Gasteiger partial charge in [0.25, 0.3) is 5.91 Å². The molecule has 0 aliphatic carbocycles. The van der Waals surface area contributed by atoms with Crippen LogP contribution in [0.4, 0.5) is 11.6 Å². The molecule has 8 heteroatoms. The molecule has 1 aliphatic heterocycles. The number of carbonyl (C=O) groups is 3. The van der Waals surface area contributed by atoms with Gasteiger partial charge in [-0.1, -0.05) is 0 Å². The van der Waals surface area contributed by atoms with Crippen molar-refractivity contribution in [2.45, 2.75) is 13.8 Å². The number of hydrogen-bond acceptors (Lipinski definition) is 6. The Balaban J connectivity index is 1.60. The molecule has 2 amide bonds. The Morgan fingerprint density at radius 2 is 1.48 bits per heavy atom. The van der Waals surface area contributed by atoms with Crippen LogP contribution in [-0.4, -0.2) is 58.6 Å². The summed E-state index contributed by atoms with van der Waals surface area (Å²) in [6, 6.07) is 6.69. The lowest BCUT2D eigenvalue weighted by atomic mass is 10.1. The first-order valence-corrected chi connectivity index (χ1v) is 8.69. The maximum atomic E-state index is 12.3. The minimum absolute atomic E-state index is 0.0269. The van der Waals surface area contributed by atoms with Gasteiger partial charge in [0, 0.05) is 56.7 Å². The zero-order chi connectivity index (χ0) is 19.4. The lowest BCUT2D eigenvalue weighted by Gasteiger charge is -2.34. The van der Waals surface area contributed by atoms with Crippen molar-refractivity contribution in [3.8, 4) is 0 Å². The summed E-state index contributed by atoms with van der Waals surface area (Å²) < 4.78 is 0. The van der Waals surface area contributed by atoms with E-state index in [1.165, 1.54) is 19.3 Å². The quantitative estimate of drug-likeness (QED) is 0.825. The minimum Gasteiger partial charge on any atom is -0.339 e. The fourth-order valence-electron chi connectivity index (χ4n) is 2.81. The zero-order valence-electron chi connectivity index (χ0n) is 15.3. The molecule has 0 saturated carbocycles. The fraction of sp³-hybridized carbons (Fsp3) is 0.316. The summed E-state index contributed by atoms with van der Waals surface area (Å²) in [5.41, 5.74) is 1.52.